The zero-order chi connectivity index (χ0) is 24.5. The van der Waals surface area contributed by atoms with Crippen LogP contribution in [0.3, 0.4) is 0 Å². The highest BCUT2D eigenvalue weighted by Crippen LogP contribution is 2.38. The van der Waals surface area contributed by atoms with Gasteiger partial charge in [0.25, 0.3) is 5.91 Å². The Labute approximate surface area is 207 Å². The molecule has 1 N–H and O–H groups in total. The number of fused-ring (bicyclic) bond motifs is 1. The zero-order valence-electron chi connectivity index (χ0n) is 19.8. The van der Waals surface area contributed by atoms with Gasteiger partial charge >= 0.3 is 0 Å². The van der Waals surface area contributed by atoms with Crippen LogP contribution in [0.4, 0.5) is 0 Å². The van der Waals surface area contributed by atoms with Crippen molar-refractivity contribution in [3.8, 4) is 0 Å². The Balaban J connectivity index is 1.46. The fourth-order valence-electron chi connectivity index (χ4n) is 4.42. The topological polar surface area (TPSA) is 62.3 Å². The number of benzene rings is 2. The van der Waals surface area contributed by atoms with Crippen LogP contribution in [0, 0.1) is 5.92 Å². The summed E-state index contributed by atoms with van der Waals surface area (Å²) in [6.07, 6.45) is 3.29. The lowest BCUT2D eigenvalue weighted by Crippen LogP contribution is -2.25. The first-order chi connectivity index (χ1) is 16.1. The van der Waals surface area contributed by atoms with Gasteiger partial charge in [-0.05, 0) is 68.3 Å². The predicted octanol–water partition coefficient (Wildman–Crippen LogP) is 5.08. The Hall–Kier alpha value is -2.67. The van der Waals surface area contributed by atoms with E-state index in [-0.39, 0.29) is 11.9 Å². The molecular formula is C27H30ClN3O2S. The molecule has 5 nitrogen and oxygen atoms in total. The second-order valence-corrected chi connectivity index (χ2v) is 12.2. The molecule has 0 saturated carbocycles. The highest BCUT2D eigenvalue weighted by molar-refractivity contribution is 7.99. The van der Waals surface area contributed by atoms with E-state index in [0.29, 0.717) is 22.9 Å². The molecule has 0 radical (unpaired) electrons. The number of nitrogens with zero attached hydrogens (tertiary/aromatic N) is 2. The summed E-state index contributed by atoms with van der Waals surface area (Å²) >= 11 is 6.04. The summed E-state index contributed by atoms with van der Waals surface area (Å²) in [5.41, 5.74) is 4.83. The maximum atomic E-state index is 12.8. The van der Waals surface area contributed by atoms with E-state index in [1.54, 1.807) is 24.6 Å². The molecule has 7 heteroatoms. The fourth-order valence-corrected chi connectivity index (χ4v) is 5.26. The summed E-state index contributed by atoms with van der Waals surface area (Å²) in [5.74, 6) is 3.93. The minimum absolute atomic E-state index is 0.159. The first-order valence-electron chi connectivity index (χ1n) is 11.3. The number of hydrogen-bond donors (Lipinski definition) is 1. The molecule has 0 bridgehead atoms. The fraction of sp³-hybridized carbons (Fsp3) is 0.296. The highest BCUT2D eigenvalue weighted by Gasteiger charge is 2.34. The number of carbonyl (C=O) groups is 1. The lowest BCUT2D eigenvalue weighted by Gasteiger charge is -2.27. The standard InChI is InChI=1S/C27H30ClN3O2S/c1-18(2)26-25-22(17-31(26)16-20-5-9-23(28)10-6-20)13-21(15-29-25)27(32)30-14-19-7-11-24(12-8-19)34(3,4)33/h5-13,15,18,26H,3,14,16-17H2,1-2,4H3,(H,30,32)/t26-,34?/m1/s1. The molecule has 2 atom stereocenters. The Morgan fingerprint density at radius 3 is 2.44 bits per heavy atom. The number of carbonyl (C=O) groups excluding carboxylic acids is 1. The van der Waals surface area contributed by atoms with Gasteiger partial charge in [-0.1, -0.05) is 49.7 Å². The normalized spacial score (nSPS) is 17.4. The van der Waals surface area contributed by atoms with E-state index in [2.05, 4.69) is 42.1 Å². The van der Waals surface area contributed by atoms with Crippen LogP contribution in [0.1, 0.15) is 52.6 Å². The van der Waals surface area contributed by atoms with Crippen LogP contribution < -0.4 is 5.32 Å². The van der Waals surface area contributed by atoms with E-state index < -0.39 is 9.52 Å². The van der Waals surface area contributed by atoms with Crippen LogP contribution in [0.2, 0.25) is 5.02 Å². The van der Waals surface area contributed by atoms with Crippen LogP contribution in [0.5, 0.6) is 0 Å². The molecule has 34 heavy (non-hydrogen) atoms. The number of pyridine rings is 1. The Morgan fingerprint density at radius 2 is 1.82 bits per heavy atom. The average Bonchev–Trinajstić information content (AvgIpc) is 3.16. The summed E-state index contributed by atoms with van der Waals surface area (Å²) in [6.45, 7) is 6.33. The Bertz CT molecular complexity index is 1290. The van der Waals surface area contributed by atoms with Crippen molar-refractivity contribution >= 4 is 32.9 Å². The number of nitrogens with one attached hydrogen (secondary N) is 1. The van der Waals surface area contributed by atoms with E-state index in [1.165, 1.54) is 5.56 Å². The van der Waals surface area contributed by atoms with Crippen LogP contribution in [-0.2, 0) is 29.2 Å². The van der Waals surface area contributed by atoms with Crippen molar-refractivity contribution in [2.75, 3.05) is 6.26 Å². The Morgan fingerprint density at radius 1 is 1.18 bits per heavy atom. The molecule has 1 aromatic heterocycles. The third kappa shape index (κ3) is 5.52. The summed E-state index contributed by atoms with van der Waals surface area (Å²) in [7, 11) is -2.24. The molecule has 0 fully saturated rings. The third-order valence-corrected chi connectivity index (χ3v) is 7.64. The Kier molecular flexibility index (Phi) is 7.12. The molecule has 4 rings (SSSR count). The minimum atomic E-state index is -2.24. The zero-order valence-corrected chi connectivity index (χ0v) is 21.3. The molecule has 3 aromatic rings. The van der Waals surface area contributed by atoms with Gasteiger partial charge in [0.05, 0.1) is 17.3 Å². The van der Waals surface area contributed by atoms with Crippen molar-refractivity contribution in [1.29, 1.82) is 0 Å². The first-order valence-corrected chi connectivity index (χ1v) is 13.8. The van der Waals surface area contributed by atoms with Gasteiger partial charge in [-0.15, -0.1) is 0 Å². The monoisotopic (exact) mass is 495 g/mol. The van der Waals surface area contributed by atoms with Crippen LogP contribution >= 0.6 is 11.6 Å². The van der Waals surface area contributed by atoms with Crippen molar-refractivity contribution in [2.24, 2.45) is 5.92 Å². The lowest BCUT2D eigenvalue weighted by atomic mass is 9.99. The maximum Gasteiger partial charge on any atom is 0.253 e. The molecule has 1 aliphatic heterocycles. The average molecular weight is 496 g/mol. The van der Waals surface area contributed by atoms with Crippen LogP contribution in [-0.4, -0.2) is 32.1 Å². The smallest absolute Gasteiger partial charge is 0.253 e. The van der Waals surface area contributed by atoms with E-state index in [1.807, 2.05) is 30.3 Å². The number of halogens is 1. The van der Waals surface area contributed by atoms with Gasteiger partial charge in [0.2, 0.25) is 0 Å². The predicted molar refractivity (Wildman–Crippen MR) is 140 cm³/mol. The van der Waals surface area contributed by atoms with Gasteiger partial charge in [0.1, 0.15) is 0 Å². The molecule has 0 aliphatic carbocycles. The molecule has 178 valence electrons. The SMILES string of the molecule is C=S(C)(=O)c1ccc(CNC(=O)c2cnc3c(c2)CN(Cc2ccc(Cl)cc2)[C@@H]3C(C)C)cc1. The number of rotatable bonds is 7. The van der Waals surface area contributed by atoms with Gasteiger partial charge in [0.15, 0.2) is 0 Å². The molecule has 1 amide bonds. The summed E-state index contributed by atoms with van der Waals surface area (Å²) in [6, 6.07) is 17.4. The van der Waals surface area contributed by atoms with E-state index >= 15 is 0 Å². The van der Waals surface area contributed by atoms with Crippen molar-refractivity contribution < 1.29 is 9.00 Å². The van der Waals surface area contributed by atoms with E-state index in [9.17, 15) is 9.00 Å². The van der Waals surface area contributed by atoms with Crippen LogP contribution in [0.25, 0.3) is 0 Å². The summed E-state index contributed by atoms with van der Waals surface area (Å²) < 4.78 is 12.1. The van der Waals surface area contributed by atoms with Gasteiger partial charge in [-0.3, -0.25) is 18.9 Å². The van der Waals surface area contributed by atoms with Crippen molar-refractivity contribution in [1.82, 2.24) is 15.2 Å². The molecule has 0 spiro atoms. The van der Waals surface area contributed by atoms with Gasteiger partial charge in [0, 0.05) is 42.0 Å². The molecule has 2 heterocycles. The number of hydrogen-bond acceptors (Lipinski definition) is 4. The molecule has 0 saturated heterocycles. The van der Waals surface area contributed by atoms with Crippen molar-refractivity contribution in [3.05, 3.63) is 93.8 Å². The summed E-state index contributed by atoms with van der Waals surface area (Å²) in [4.78, 5) is 20.7. The molecule has 2 aromatic carbocycles. The largest absolute Gasteiger partial charge is 0.348 e. The lowest BCUT2D eigenvalue weighted by molar-refractivity contribution is 0.0950. The van der Waals surface area contributed by atoms with Gasteiger partial charge < -0.3 is 5.32 Å². The second kappa shape index (κ2) is 9.90. The first kappa shape index (κ1) is 24.5. The van der Waals surface area contributed by atoms with Gasteiger partial charge in [-0.25, -0.2) is 0 Å². The van der Waals surface area contributed by atoms with Crippen LogP contribution in [0.15, 0.2) is 65.7 Å². The number of amides is 1. The maximum absolute atomic E-state index is 12.8. The molecular weight excluding hydrogens is 466 g/mol. The second-order valence-electron chi connectivity index (χ2n) is 9.32. The third-order valence-electron chi connectivity index (χ3n) is 6.12. The summed E-state index contributed by atoms with van der Waals surface area (Å²) in [5, 5.41) is 3.69. The highest BCUT2D eigenvalue weighted by atomic mass is 35.5. The van der Waals surface area contributed by atoms with Crippen molar-refractivity contribution in [2.45, 2.75) is 44.4 Å². The molecule has 1 unspecified atom stereocenters. The number of aromatic nitrogens is 1. The van der Waals surface area contributed by atoms with Gasteiger partial charge in [-0.2, -0.15) is 0 Å². The van der Waals surface area contributed by atoms with Crippen molar-refractivity contribution in [3.63, 3.8) is 0 Å². The van der Waals surface area contributed by atoms with E-state index in [0.717, 1.165) is 34.9 Å². The quantitative estimate of drug-likeness (QED) is 0.464. The van der Waals surface area contributed by atoms with E-state index in [4.69, 9.17) is 16.6 Å². The minimum Gasteiger partial charge on any atom is -0.348 e. The molecule has 1 aliphatic rings.